The van der Waals surface area contributed by atoms with Crippen LogP contribution in [0, 0.1) is 5.82 Å². The molecule has 0 spiro atoms. The van der Waals surface area contributed by atoms with Crippen LogP contribution in [0.25, 0.3) is 5.69 Å². The average Bonchev–Trinajstić information content (AvgIpc) is 3.08. The molecule has 2 aromatic rings. The number of benzene rings is 1. The molecule has 110 valence electrons. The highest BCUT2D eigenvalue weighted by Crippen LogP contribution is 2.24. The van der Waals surface area contributed by atoms with Gasteiger partial charge >= 0.3 is 6.03 Å². The van der Waals surface area contributed by atoms with Crippen LogP contribution in [0.3, 0.4) is 0 Å². The van der Waals surface area contributed by atoms with E-state index in [-0.39, 0.29) is 6.03 Å². The van der Waals surface area contributed by atoms with Gasteiger partial charge in [-0.2, -0.15) is 0 Å². The summed E-state index contributed by atoms with van der Waals surface area (Å²) < 4.78 is 16.1. The number of carbonyl (C=O) groups is 1. The number of carbonyl (C=O) groups excluding carboxylic acids is 1. The van der Waals surface area contributed by atoms with Gasteiger partial charge in [0.05, 0.1) is 12.2 Å². The van der Waals surface area contributed by atoms with Crippen LogP contribution in [0.4, 0.5) is 14.9 Å². The molecule has 1 aromatic heterocycles. The lowest BCUT2D eigenvalue weighted by atomic mass is 10.2. The van der Waals surface area contributed by atoms with E-state index in [0.717, 1.165) is 5.82 Å². The van der Waals surface area contributed by atoms with E-state index >= 15 is 0 Å². The van der Waals surface area contributed by atoms with Crippen molar-refractivity contribution in [2.45, 2.75) is 6.54 Å². The first-order valence-electron chi connectivity index (χ1n) is 6.73. The molecule has 2 amide bonds. The van der Waals surface area contributed by atoms with Gasteiger partial charge in [-0.25, -0.2) is 14.2 Å². The quantitative estimate of drug-likeness (QED) is 0.891. The van der Waals surface area contributed by atoms with Gasteiger partial charge in [-0.05, 0) is 19.2 Å². The number of nitrogens with one attached hydrogen (secondary N) is 2. The highest BCUT2D eigenvalue weighted by molar-refractivity contribution is 5.94. The summed E-state index contributed by atoms with van der Waals surface area (Å²) in [6.07, 6.45) is 3.45. The molecular formula is C14H16FN5O. The van der Waals surface area contributed by atoms with Crippen molar-refractivity contribution in [3.05, 3.63) is 42.2 Å². The third-order valence-electron chi connectivity index (χ3n) is 3.41. The van der Waals surface area contributed by atoms with Crippen molar-refractivity contribution in [2.75, 3.05) is 25.0 Å². The van der Waals surface area contributed by atoms with Crippen LogP contribution < -0.4 is 15.5 Å². The Labute approximate surface area is 121 Å². The van der Waals surface area contributed by atoms with Crippen LogP contribution in [0.5, 0.6) is 0 Å². The predicted octanol–water partition coefficient (Wildman–Crippen LogP) is 1.26. The normalized spacial score (nSPS) is 14.6. The number of amides is 2. The maximum Gasteiger partial charge on any atom is 0.322 e. The van der Waals surface area contributed by atoms with E-state index in [9.17, 15) is 9.18 Å². The largest absolute Gasteiger partial charge is 0.336 e. The lowest BCUT2D eigenvalue weighted by Crippen LogP contribution is -2.28. The van der Waals surface area contributed by atoms with Gasteiger partial charge in [0.2, 0.25) is 0 Å². The van der Waals surface area contributed by atoms with Gasteiger partial charge in [0.25, 0.3) is 0 Å². The zero-order valence-corrected chi connectivity index (χ0v) is 11.6. The molecule has 21 heavy (non-hydrogen) atoms. The lowest BCUT2D eigenvalue weighted by molar-refractivity contribution is 0.252. The number of urea groups is 1. The third kappa shape index (κ3) is 2.47. The molecule has 6 nitrogen and oxygen atoms in total. The summed E-state index contributed by atoms with van der Waals surface area (Å²) in [5.74, 6) is 0.372. The van der Waals surface area contributed by atoms with E-state index in [1.54, 1.807) is 24.5 Å². The Morgan fingerprint density at radius 1 is 1.48 bits per heavy atom. The first kappa shape index (κ1) is 13.6. The van der Waals surface area contributed by atoms with Crippen LogP contribution >= 0.6 is 0 Å². The molecule has 0 unspecified atom stereocenters. The molecular weight excluding hydrogens is 273 g/mol. The molecule has 1 aromatic carbocycles. The second kappa shape index (κ2) is 5.53. The van der Waals surface area contributed by atoms with Crippen LogP contribution in [-0.4, -0.2) is 35.7 Å². The first-order valence-corrected chi connectivity index (χ1v) is 6.73. The molecule has 2 N–H and O–H groups in total. The number of rotatable bonds is 4. The summed E-state index contributed by atoms with van der Waals surface area (Å²) in [6, 6.07) is 4.56. The van der Waals surface area contributed by atoms with Crippen LogP contribution in [0.2, 0.25) is 0 Å². The number of anilines is 1. The highest BCUT2D eigenvalue weighted by atomic mass is 19.1. The van der Waals surface area contributed by atoms with Gasteiger partial charge in [-0.1, -0.05) is 0 Å². The zero-order valence-electron chi connectivity index (χ0n) is 11.6. The zero-order chi connectivity index (χ0) is 14.8. The number of hydrogen-bond donors (Lipinski definition) is 2. The SMILES string of the molecule is CNCc1nccn1-c1ccc(N2CCNC2=O)c(F)c1. The second-order valence-electron chi connectivity index (χ2n) is 4.76. The van der Waals surface area contributed by atoms with Crippen molar-refractivity contribution >= 4 is 11.7 Å². The molecule has 0 atom stereocenters. The molecule has 1 aliphatic heterocycles. The summed E-state index contributed by atoms with van der Waals surface area (Å²) in [5, 5.41) is 5.68. The fraction of sp³-hybridized carbons (Fsp3) is 0.286. The lowest BCUT2D eigenvalue weighted by Gasteiger charge is -2.16. The smallest absolute Gasteiger partial charge is 0.322 e. The Morgan fingerprint density at radius 3 is 3.00 bits per heavy atom. The average molecular weight is 289 g/mol. The second-order valence-corrected chi connectivity index (χ2v) is 4.76. The van der Waals surface area contributed by atoms with Crippen LogP contribution in [-0.2, 0) is 6.54 Å². The van der Waals surface area contributed by atoms with Crippen molar-refractivity contribution in [3.63, 3.8) is 0 Å². The fourth-order valence-corrected chi connectivity index (χ4v) is 2.42. The van der Waals surface area contributed by atoms with E-state index < -0.39 is 5.82 Å². The van der Waals surface area contributed by atoms with Gasteiger partial charge in [-0.3, -0.25) is 4.90 Å². The molecule has 0 aliphatic carbocycles. The Kier molecular flexibility index (Phi) is 3.57. The van der Waals surface area contributed by atoms with Crippen molar-refractivity contribution in [1.82, 2.24) is 20.2 Å². The number of nitrogens with zero attached hydrogens (tertiary/aromatic N) is 3. The van der Waals surface area contributed by atoms with Crippen molar-refractivity contribution in [3.8, 4) is 5.69 Å². The molecule has 0 bridgehead atoms. The molecule has 1 aliphatic rings. The molecule has 0 radical (unpaired) electrons. The predicted molar refractivity (Wildman–Crippen MR) is 77.0 cm³/mol. The Balaban J connectivity index is 1.94. The van der Waals surface area contributed by atoms with Gasteiger partial charge in [0, 0.05) is 37.2 Å². The number of halogens is 1. The van der Waals surface area contributed by atoms with Gasteiger partial charge in [-0.15, -0.1) is 0 Å². The van der Waals surface area contributed by atoms with Crippen molar-refractivity contribution in [1.29, 1.82) is 0 Å². The van der Waals surface area contributed by atoms with E-state index in [2.05, 4.69) is 15.6 Å². The topological polar surface area (TPSA) is 62.2 Å². The molecule has 1 fully saturated rings. The molecule has 7 heteroatoms. The van der Waals surface area contributed by atoms with Gasteiger partial charge in [0.15, 0.2) is 0 Å². The highest BCUT2D eigenvalue weighted by Gasteiger charge is 2.24. The summed E-state index contributed by atoms with van der Waals surface area (Å²) >= 11 is 0. The Morgan fingerprint density at radius 2 is 2.33 bits per heavy atom. The molecule has 3 rings (SSSR count). The summed E-state index contributed by atoms with van der Waals surface area (Å²) in [6.45, 7) is 1.60. The minimum Gasteiger partial charge on any atom is -0.336 e. The minimum absolute atomic E-state index is 0.264. The Hall–Kier alpha value is -2.41. The van der Waals surface area contributed by atoms with E-state index in [4.69, 9.17) is 0 Å². The van der Waals surface area contributed by atoms with Crippen molar-refractivity contribution < 1.29 is 9.18 Å². The van der Waals surface area contributed by atoms with E-state index in [1.165, 1.54) is 11.0 Å². The van der Waals surface area contributed by atoms with Gasteiger partial charge in [0.1, 0.15) is 11.6 Å². The Bertz CT molecular complexity index is 669. The maximum absolute atomic E-state index is 14.3. The van der Waals surface area contributed by atoms with Gasteiger partial charge < -0.3 is 15.2 Å². The summed E-state index contributed by atoms with van der Waals surface area (Å²) in [5.41, 5.74) is 0.975. The van der Waals surface area contributed by atoms with Crippen molar-refractivity contribution in [2.24, 2.45) is 0 Å². The number of hydrogen-bond acceptors (Lipinski definition) is 3. The summed E-state index contributed by atoms with van der Waals surface area (Å²) in [7, 11) is 1.83. The van der Waals surface area contributed by atoms with Crippen LogP contribution in [0.15, 0.2) is 30.6 Å². The maximum atomic E-state index is 14.3. The monoisotopic (exact) mass is 289 g/mol. The molecule has 1 saturated heterocycles. The van der Waals surface area contributed by atoms with Crippen LogP contribution in [0.1, 0.15) is 5.82 Å². The number of imidazole rings is 1. The summed E-state index contributed by atoms with van der Waals surface area (Å²) in [4.78, 5) is 17.2. The minimum atomic E-state index is -0.423. The molecule has 2 heterocycles. The number of aromatic nitrogens is 2. The van der Waals surface area contributed by atoms with E-state index in [0.29, 0.717) is 31.0 Å². The fourth-order valence-electron chi connectivity index (χ4n) is 2.42. The standard InChI is InChI=1S/C14H16FN5O/c1-16-9-13-17-4-6-19(13)10-2-3-12(11(15)8-10)20-7-5-18-14(20)21/h2-4,6,8,16H,5,7,9H2,1H3,(H,18,21). The molecule has 0 saturated carbocycles. The third-order valence-corrected chi connectivity index (χ3v) is 3.41. The first-order chi connectivity index (χ1) is 10.2. The van der Waals surface area contributed by atoms with E-state index in [1.807, 2.05) is 11.6 Å².